The number of nitrogens with zero attached hydrogens (tertiary/aromatic N) is 3. The molecule has 6 N–H and O–H groups in total. The van der Waals surface area contributed by atoms with Gasteiger partial charge in [0, 0.05) is 5.69 Å². The molecule has 0 aliphatic rings. The molecule has 0 aliphatic heterocycles. The van der Waals surface area contributed by atoms with Crippen LogP contribution in [0.3, 0.4) is 0 Å². The average molecular weight is 510 g/mol. The minimum absolute atomic E-state index is 0.0285. The highest BCUT2D eigenvalue weighted by atomic mass is 32.2. The number of hydrogen-bond donors (Lipinski definition) is 5. The molecular weight excluding hydrogens is 490 g/mol. The van der Waals surface area contributed by atoms with E-state index in [1.807, 2.05) is 0 Å². The molecule has 0 amide bonds. The van der Waals surface area contributed by atoms with Crippen LogP contribution in [0.4, 0.5) is 23.5 Å². The fraction of sp³-hybridized carbons (Fsp3) is 0.214. The van der Waals surface area contributed by atoms with Crippen LogP contribution in [0.1, 0.15) is 5.56 Å². The van der Waals surface area contributed by atoms with E-state index in [-0.39, 0.29) is 39.8 Å². The van der Waals surface area contributed by atoms with Gasteiger partial charge >= 0.3 is 0 Å². The lowest BCUT2D eigenvalue weighted by molar-refractivity contribution is 0.398. The molecule has 18 heteroatoms. The van der Waals surface area contributed by atoms with E-state index < -0.39 is 36.0 Å². The molecule has 1 aromatic heterocycles. The van der Waals surface area contributed by atoms with Crippen molar-refractivity contribution in [2.45, 2.75) is 10.6 Å². The Labute approximate surface area is 184 Å². The molecule has 0 saturated carbocycles. The normalized spacial score (nSPS) is 12.2. The molecule has 1 aromatic carbocycles. The summed E-state index contributed by atoms with van der Waals surface area (Å²) in [6.07, 6.45) is 0.895. The van der Waals surface area contributed by atoms with Gasteiger partial charge in [0.25, 0.3) is 20.2 Å². The first-order chi connectivity index (χ1) is 14.6. The van der Waals surface area contributed by atoms with Gasteiger partial charge in [-0.1, -0.05) is 12.6 Å². The van der Waals surface area contributed by atoms with Crippen molar-refractivity contribution in [2.24, 2.45) is 0 Å². The molecule has 0 saturated heterocycles. The predicted molar refractivity (Wildman–Crippen MR) is 114 cm³/mol. The summed E-state index contributed by atoms with van der Waals surface area (Å²) < 4.78 is 84.8. The fourth-order valence-electron chi connectivity index (χ4n) is 2.25. The van der Waals surface area contributed by atoms with E-state index in [9.17, 15) is 29.8 Å². The monoisotopic (exact) mass is 509 g/mol. The molecule has 2 rings (SSSR count). The number of sulfonamides is 1. The molecule has 0 atom stereocenters. The summed E-state index contributed by atoms with van der Waals surface area (Å²) in [6.45, 7) is 3.44. The third-order valence-corrected chi connectivity index (χ3v) is 5.96. The number of nitrogen functional groups attached to an aromatic ring is 1. The van der Waals surface area contributed by atoms with Gasteiger partial charge in [-0.25, -0.2) is 8.42 Å². The number of nitrogens with two attached hydrogens (primary N) is 1. The highest BCUT2D eigenvalue weighted by Crippen LogP contribution is 2.26. The van der Waals surface area contributed by atoms with E-state index in [1.165, 1.54) is 0 Å². The van der Waals surface area contributed by atoms with Gasteiger partial charge in [0.1, 0.15) is 11.6 Å². The lowest BCUT2D eigenvalue weighted by Gasteiger charge is -2.14. The predicted octanol–water partition coefficient (Wildman–Crippen LogP) is -0.647. The van der Waals surface area contributed by atoms with Crippen LogP contribution in [0.2, 0.25) is 0 Å². The van der Waals surface area contributed by atoms with E-state index in [0.29, 0.717) is 0 Å². The van der Waals surface area contributed by atoms with E-state index in [0.717, 1.165) is 31.6 Å². The Kier molecular flexibility index (Phi) is 7.25. The first-order valence-corrected chi connectivity index (χ1v) is 13.1. The molecule has 0 radical (unpaired) electrons. The number of nitrogens with one attached hydrogen (secondary N) is 3. The summed E-state index contributed by atoms with van der Waals surface area (Å²) >= 11 is 0. The third kappa shape index (κ3) is 7.57. The average Bonchev–Trinajstić information content (AvgIpc) is 2.59. The van der Waals surface area contributed by atoms with Crippen molar-refractivity contribution in [2.75, 3.05) is 29.7 Å². The summed E-state index contributed by atoms with van der Waals surface area (Å²) in [5, 5.41) is 5.03. The standard InChI is InChI=1S/C14H19N7O8S3/c1-8(21-30(3,22)23)16-13-18-12(15)19-14(20-13)17-11-6-10(32(27,28)29-2)5-4-9(11)7-31(24,25)26/h4-6,21H,1,7H2,2-3H3,(H,24,25,26)(H4,15,16,17,18,19,20). The van der Waals surface area contributed by atoms with Crippen LogP contribution in [-0.4, -0.2) is 58.1 Å². The number of anilines is 4. The number of rotatable bonds is 10. The number of benzene rings is 1. The molecule has 0 bridgehead atoms. The SMILES string of the molecule is C=C(Nc1nc(N)nc(Nc2cc(S(=O)(=O)OC)ccc2CS(=O)(=O)O)n1)NS(C)(=O)=O. The summed E-state index contributed by atoms with van der Waals surface area (Å²) in [5.41, 5.74) is 5.48. The topological polar surface area (TPSA) is 233 Å². The lowest BCUT2D eigenvalue weighted by atomic mass is 10.2. The minimum atomic E-state index is -4.48. The molecular formula is C14H19N7O8S3. The van der Waals surface area contributed by atoms with Crippen molar-refractivity contribution in [3.8, 4) is 0 Å². The number of hydrogen-bond acceptors (Lipinski definition) is 13. The van der Waals surface area contributed by atoms with Gasteiger partial charge in [0.15, 0.2) is 0 Å². The van der Waals surface area contributed by atoms with E-state index in [1.54, 1.807) is 0 Å². The Morgan fingerprint density at radius 2 is 1.75 bits per heavy atom. The second-order valence-corrected chi connectivity index (χ2v) is 11.0. The minimum Gasteiger partial charge on any atom is -0.368 e. The molecule has 176 valence electrons. The van der Waals surface area contributed by atoms with Gasteiger partial charge in [-0.15, -0.1) is 0 Å². The maximum Gasteiger partial charge on any atom is 0.296 e. The van der Waals surface area contributed by atoms with Crippen LogP contribution in [0.15, 0.2) is 35.5 Å². The largest absolute Gasteiger partial charge is 0.368 e. The third-order valence-electron chi connectivity index (χ3n) is 3.40. The van der Waals surface area contributed by atoms with Gasteiger partial charge in [0.05, 0.1) is 18.3 Å². The Bertz CT molecular complexity index is 1360. The molecule has 1 heterocycles. The van der Waals surface area contributed by atoms with Gasteiger partial charge in [-0.05, 0) is 17.7 Å². The van der Waals surface area contributed by atoms with Gasteiger partial charge in [-0.2, -0.15) is 31.8 Å². The van der Waals surface area contributed by atoms with Crippen LogP contribution in [-0.2, 0) is 40.2 Å². The Morgan fingerprint density at radius 1 is 1.12 bits per heavy atom. The summed E-state index contributed by atoms with van der Waals surface area (Å²) in [5.74, 6) is -1.89. The Hall–Kier alpha value is -3.06. The maximum absolute atomic E-state index is 12.0. The zero-order valence-electron chi connectivity index (χ0n) is 16.6. The first-order valence-electron chi connectivity index (χ1n) is 8.19. The van der Waals surface area contributed by atoms with Crippen LogP contribution < -0.4 is 21.1 Å². The summed E-state index contributed by atoms with van der Waals surface area (Å²) in [4.78, 5) is 11.2. The van der Waals surface area contributed by atoms with Crippen molar-refractivity contribution < 1.29 is 34.0 Å². The van der Waals surface area contributed by atoms with Crippen molar-refractivity contribution in [3.05, 3.63) is 36.2 Å². The first kappa shape index (κ1) is 25.2. The summed E-state index contributed by atoms with van der Waals surface area (Å²) in [7, 11) is -11.3. The molecule has 2 aromatic rings. The van der Waals surface area contributed by atoms with E-state index in [4.69, 9.17) is 5.73 Å². The van der Waals surface area contributed by atoms with Crippen molar-refractivity contribution in [1.29, 1.82) is 0 Å². The van der Waals surface area contributed by atoms with Crippen LogP contribution >= 0.6 is 0 Å². The van der Waals surface area contributed by atoms with Crippen LogP contribution in [0.5, 0.6) is 0 Å². The van der Waals surface area contributed by atoms with E-state index in [2.05, 4.69) is 41.1 Å². The van der Waals surface area contributed by atoms with E-state index >= 15 is 0 Å². The van der Waals surface area contributed by atoms with Gasteiger partial charge in [-0.3, -0.25) is 13.5 Å². The molecule has 32 heavy (non-hydrogen) atoms. The van der Waals surface area contributed by atoms with Crippen molar-refractivity contribution >= 4 is 53.8 Å². The Balaban J connectivity index is 2.46. The van der Waals surface area contributed by atoms with Crippen LogP contribution in [0.25, 0.3) is 0 Å². The van der Waals surface area contributed by atoms with Crippen molar-refractivity contribution in [1.82, 2.24) is 19.7 Å². The van der Waals surface area contributed by atoms with Gasteiger partial charge in [0.2, 0.25) is 27.9 Å². The number of aromatic nitrogens is 3. The molecule has 0 unspecified atom stereocenters. The maximum atomic E-state index is 12.0. The zero-order valence-corrected chi connectivity index (χ0v) is 19.0. The smallest absolute Gasteiger partial charge is 0.296 e. The molecule has 0 aliphatic carbocycles. The molecule has 0 fully saturated rings. The zero-order chi connectivity index (χ0) is 24.3. The molecule has 0 spiro atoms. The Morgan fingerprint density at radius 3 is 2.31 bits per heavy atom. The quantitative estimate of drug-likeness (QED) is 0.198. The second kappa shape index (κ2) is 9.20. The summed E-state index contributed by atoms with van der Waals surface area (Å²) in [6, 6.07) is 3.26. The highest BCUT2D eigenvalue weighted by molar-refractivity contribution is 7.88. The molecule has 15 nitrogen and oxygen atoms in total. The fourth-order valence-corrected chi connectivity index (χ4v) is 4.09. The lowest BCUT2D eigenvalue weighted by Crippen LogP contribution is -2.25. The van der Waals surface area contributed by atoms with Crippen molar-refractivity contribution in [3.63, 3.8) is 0 Å². The highest BCUT2D eigenvalue weighted by Gasteiger charge is 2.19. The second-order valence-electron chi connectivity index (χ2n) is 6.11. The van der Waals surface area contributed by atoms with Crippen LogP contribution in [0, 0.1) is 0 Å². The van der Waals surface area contributed by atoms with Gasteiger partial charge < -0.3 is 16.4 Å².